The number of halogens is 1. The molecule has 0 saturated carbocycles. The van der Waals surface area contributed by atoms with Crippen LogP contribution in [0.5, 0.6) is 11.5 Å². The minimum absolute atomic E-state index is 0.162. The molecule has 0 radical (unpaired) electrons. The monoisotopic (exact) mass is 354 g/mol. The first kappa shape index (κ1) is 19.1. The molecule has 2 rings (SSSR count). The van der Waals surface area contributed by atoms with Crippen LogP contribution in [0.3, 0.4) is 0 Å². The number of hydrogen-bond donors (Lipinski definition) is 0. The van der Waals surface area contributed by atoms with Crippen molar-refractivity contribution in [3.8, 4) is 22.6 Å². The van der Waals surface area contributed by atoms with Crippen molar-refractivity contribution >= 4 is 11.9 Å². The molecule has 0 heterocycles. The maximum absolute atomic E-state index is 14.2. The Kier molecular flexibility index (Phi) is 5.72. The Morgan fingerprint density at radius 2 is 1.31 bits per heavy atom. The number of esters is 2. The Morgan fingerprint density at radius 1 is 0.846 bits per heavy atom. The van der Waals surface area contributed by atoms with Gasteiger partial charge in [0.25, 0.3) is 0 Å². The van der Waals surface area contributed by atoms with E-state index in [2.05, 4.69) is 13.2 Å². The van der Waals surface area contributed by atoms with Crippen molar-refractivity contribution in [3.63, 3.8) is 0 Å². The molecule has 0 saturated heterocycles. The molecule has 0 aromatic heterocycles. The average molecular weight is 354 g/mol. The highest BCUT2D eigenvalue weighted by molar-refractivity contribution is 5.89. The summed E-state index contributed by atoms with van der Waals surface area (Å²) >= 11 is 0. The van der Waals surface area contributed by atoms with E-state index in [0.29, 0.717) is 16.9 Å². The van der Waals surface area contributed by atoms with E-state index in [1.54, 1.807) is 38.1 Å². The van der Waals surface area contributed by atoms with Gasteiger partial charge in [-0.05, 0) is 61.7 Å². The molecule has 0 fully saturated rings. The van der Waals surface area contributed by atoms with Gasteiger partial charge in [-0.3, -0.25) is 0 Å². The highest BCUT2D eigenvalue weighted by atomic mass is 19.1. The first-order chi connectivity index (χ1) is 12.2. The van der Waals surface area contributed by atoms with E-state index >= 15 is 0 Å². The predicted molar refractivity (Wildman–Crippen MR) is 97.5 cm³/mol. The minimum Gasteiger partial charge on any atom is -0.423 e. The van der Waals surface area contributed by atoms with Crippen LogP contribution in [-0.2, 0) is 9.59 Å². The normalized spacial score (nSPS) is 10.2. The van der Waals surface area contributed by atoms with Crippen molar-refractivity contribution in [1.82, 2.24) is 0 Å². The molecular formula is C21H19FO4. The number of hydrogen-bond acceptors (Lipinski definition) is 4. The molecular weight excluding hydrogens is 335 g/mol. The lowest BCUT2D eigenvalue weighted by atomic mass is 10.0. The highest BCUT2D eigenvalue weighted by Crippen LogP contribution is 2.29. The van der Waals surface area contributed by atoms with Crippen LogP contribution in [0.25, 0.3) is 11.1 Å². The largest absolute Gasteiger partial charge is 0.423 e. The third-order valence-corrected chi connectivity index (χ3v) is 3.54. The maximum atomic E-state index is 14.2. The fraction of sp³-hybridized carbons (Fsp3) is 0.143. The van der Waals surface area contributed by atoms with Crippen molar-refractivity contribution in [1.29, 1.82) is 0 Å². The van der Waals surface area contributed by atoms with E-state index in [1.807, 2.05) is 0 Å². The van der Waals surface area contributed by atoms with E-state index in [-0.39, 0.29) is 11.3 Å². The molecule has 0 aliphatic rings. The Morgan fingerprint density at radius 3 is 1.77 bits per heavy atom. The van der Waals surface area contributed by atoms with Crippen molar-refractivity contribution in [2.45, 2.75) is 20.8 Å². The van der Waals surface area contributed by atoms with Gasteiger partial charge in [-0.2, -0.15) is 0 Å². The Labute approximate surface area is 151 Å². The summed E-state index contributed by atoms with van der Waals surface area (Å²) in [7, 11) is 0. The van der Waals surface area contributed by atoms with Crippen LogP contribution < -0.4 is 9.47 Å². The minimum atomic E-state index is -0.684. The fourth-order valence-electron chi connectivity index (χ4n) is 2.08. The zero-order chi connectivity index (χ0) is 19.4. The number of benzene rings is 2. The lowest BCUT2D eigenvalue weighted by Crippen LogP contribution is -2.09. The molecule has 5 heteroatoms. The molecule has 134 valence electrons. The van der Waals surface area contributed by atoms with Gasteiger partial charge in [-0.1, -0.05) is 25.3 Å². The van der Waals surface area contributed by atoms with Gasteiger partial charge >= 0.3 is 11.9 Å². The molecule has 0 atom stereocenters. The van der Waals surface area contributed by atoms with Gasteiger partial charge in [0.2, 0.25) is 0 Å². The lowest BCUT2D eigenvalue weighted by Gasteiger charge is -2.11. The van der Waals surface area contributed by atoms with Gasteiger partial charge in [-0.15, -0.1) is 0 Å². The average Bonchev–Trinajstić information content (AvgIpc) is 2.58. The van der Waals surface area contributed by atoms with Crippen molar-refractivity contribution in [2.24, 2.45) is 0 Å². The summed E-state index contributed by atoms with van der Waals surface area (Å²) < 4.78 is 24.4. The van der Waals surface area contributed by atoms with Crippen molar-refractivity contribution in [3.05, 3.63) is 72.1 Å². The van der Waals surface area contributed by atoms with E-state index in [4.69, 9.17) is 9.47 Å². The standard InChI is InChI=1S/C21H19FO4/c1-12(2)20(23)25-18-8-6-15(10-14(18)5)16-7-9-19(17(22)11-16)26-21(24)13(3)4/h6-11H,1,3H2,2,4-5H3. The summed E-state index contributed by atoms with van der Waals surface area (Å²) in [6.07, 6.45) is 0. The molecule has 4 nitrogen and oxygen atoms in total. The summed E-state index contributed by atoms with van der Waals surface area (Å²) in [6.45, 7) is 11.8. The summed E-state index contributed by atoms with van der Waals surface area (Å²) in [5, 5.41) is 0. The molecule has 0 aliphatic carbocycles. The third kappa shape index (κ3) is 4.45. The molecule has 0 bridgehead atoms. The molecule has 0 N–H and O–H groups in total. The van der Waals surface area contributed by atoms with Crippen LogP contribution in [-0.4, -0.2) is 11.9 Å². The quantitative estimate of drug-likeness (QED) is 0.441. The SMILES string of the molecule is C=C(C)C(=O)Oc1ccc(-c2ccc(OC(=O)C(=C)C)c(F)c2)cc1C. The molecule has 0 spiro atoms. The molecule has 26 heavy (non-hydrogen) atoms. The Hall–Kier alpha value is -3.21. The van der Waals surface area contributed by atoms with Gasteiger partial charge in [0.15, 0.2) is 11.6 Å². The second kappa shape index (κ2) is 7.78. The molecule has 2 aromatic rings. The summed E-state index contributed by atoms with van der Waals surface area (Å²) in [6, 6.07) is 9.42. The summed E-state index contributed by atoms with van der Waals surface area (Å²) in [5.74, 6) is -1.60. The Bertz CT molecular complexity index is 837. The second-order valence-electron chi connectivity index (χ2n) is 5.97. The molecule has 2 aromatic carbocycles. The van der Waals surface area contributed by atoms with E-state index in [1.165, 1.54) is 19.1 Å². The number of ether oxygens (including phenoxy) is 2. The zero-order valence-corrected chi connectivity index (χ0v) is 14.9. The van der Waals surface area contributed by atoms with E-state index in [9.17, 15) is 14.0 Å². The molecule has 0 unspecified atom stereocenters. The van der Waals surface area contributed by atoms with Crippen LogP contribution >= 0.6 is 0 Å². The molecule has 0 amide bonds. The van der Waals surface area contributed by atoms with Crippen LogP contribution in [0, 0.1) is 12.7 Å². The van der Waals surface area contributed by atoms with Gasteiger partial charge < -0.3 is 9.47 Å². The summed E-state index contributed by atoms with van der Waals surface area (Å²) in [4.78, 5) is 23.1. The van der Waals surface area contributed by atoms with Crippen LogP contribution in [0.1, 0.15) is 19.4 Å². The zero-order valence-electron chi connectivity index (χ0n) is 14.9. The van der Waals surface area contributed by atoms with E-state index < -0.39 is 17.8 Å². The second-order valence-corrected chi connectivity index (χ2v) is 5.97. The van der Waals surface area contributed by atoms with Crippen molar-refractivity contribution < 1.29 is 23.5 Å². The number of carbonyl (C=O) groups is 2. The first-order valence-electron chi connectivity index (χ1n) is 7.85. The predicted octanol–water partition coefficient (Wildman–Crippen LogP) is 4.76. The molecule has 0 aliphatic heterocycles. The van der Waals surface area contributed by atoms with Crippen LogP contribution in [0.15, 0.2) is 60.7 Å². The summed E-state index contributed by atoms with van der Waals surface area (Å²) in [5.41, 5.74) is 2.53. The highest BCUT2D eigenvalue weighted by Gasteiger charge is 2.13. The van der Waals surface area contributed by atoms with Gasteiger partial charge in [0, 0.05) is 11.1 Å². The van der Waals surface area contributed by atoms with Crippen LogP contribution in [0.4, 0.5) is 4.39 Å². The maximum Gasteiger partial charge on any atom is 0.338 e. The number of rotatable bonds is 5. The lowest BCUT2D eigenvalue weighted by molar-refractivity contribution is -0.131. The Balaban J connectivity index is 2.26. The van der Waals surface area contributed by atoms with Gasteiger partial charge in [-0.25, -0.2) is 14.0 Å². The smallest absolute Gasteiger partial charge is 0.338 e. The van der Waals surface area contributed by atoms with E-state index in [0.717, 1.165) is 11.1 Å². The van der Waals surface area contributed by atoms with Gasteiger partial charge in [0.1, 0.15) is 5.75 Å². The first-order valence-corrected chi connectivity index (χ1v) is 7.85. The van der Waals surface area contributed by atoms with Gasteiger partial charge in [0.05, 0.1) is 0 Å². The number of aryl methyl sites for hydroxylation is 1. The topological polar surface area (TPSA) is 52.6 Å². The fourth-order valence-corrected chi connectivity index (χ4v) is 2.08. The van der Waals surface area contributed by atoms with Crippen molar-refractivity contribution in [2.75, 3.05) is 0 Å². The van der Waals surface area contributed by atoms with Crippen LogP contribution in [0.2, 0.25) is 0 Å². The number of carbonyl (C=O) groups excluding carboxylic acids is 2. The third-order valence-electron chi connectivity index (χ3n) is 3.54.